The smallest absolute Gasteiger partial charge is 0.255 e. The van der Waals surface area contributed by atoms with E-state index in [1.165, 1.54) is 0 Å². The third-order valence-corrected chi connectivity index (χ3v) is 4.85. The second-order valence-corrected chi connectivity index (χ2v) is 6.58. The summed E-state index contributed by atoms with van der Waals surface area (Å²) in [7, 11) is 0. The number of aromatic nitrogens is 2. The van der Waals surface area contributed by atoms with E-state index in [0.717, 1.165) is 44.6 Å². The molecule has 1 saturated heterocycles. The molecule has 1 atom stereocenters. The number of unbranched alkanes of at least 4 members (excludes halogenated alkanes) is 1. The van der Waals surface area contributed by atoms with Crippen LogP contribution in [0.5, 0.6) is 0 Å². The molecule has 0 unspecified atom stereocenters. The summed E-state index contributed by atoms with van der Waals surface area (Å²) >= 11 is 0. The highest BCUT2D eigenvalue weighted by Crippen LogP contribution is 2.27. The molecular weight excluding hydrogens is 312 g/mol. The zero-order chi connectivity index (χ0) is 17.6. The number of piperidine rings is 1. The van der Waals surface area contributed by atoms with Gasteiger partial charge in [0.25, 0.3) is 5.91 Å². The third kappa shape index (κ3) is 3.74. The molecule has 0 N–H and O–H groups in total. The van der Waals surface area contributed by atoms with Crippen molar-refractivity contribution < 1.29 is 4.79 Å². The lowest BCUT2D eigenvalue weighted by Crippen LogP contribution is -2.40. The minimum absolute atomic E-state index is 0.0477. The van der Waals surface area contributed by atoms with Crippen LogP contribution in [0.4, 0.5) is 0 Å². The molecule has 1 aromatic heterocycles. The van der Waals surface area contributed by atoms with Crippen molar-refractivity contribution in [3.05, 3.63) is 53.6 Å². The molecule has 0 bridgehead atoms. The Balaban J connectivity index is 1.76. The average molecular weight is 336 g/mol. The van der Waals surface area contributed by atoms with Crippen molar-refractivity contribution in [3.63, 3.8) is 0 Å². The Morgan fingerprint density at radius 2 is 2.24 bits per heavy atom. The highest BCUT2D eigenvalue weighted by Gasteiger charge is 2.28. The first kappa shape index (κ1) is 17.2. The molecule has 5 nitrogen and oxygen atoms in total. The summed E-state index contributed by atoms with van der Waals surface area (Å²) in [6, 6.07) is 9.17. The monoisotopic (exact) mass is 336 g/mol. The third-order valence-electron chi connectivity index (χ3n) is 4.85. The van der Waals surface area contributed by atoms with Crippen molar-refractivity contribution in [3.8, 4) is 6.07 Å². The first-order chi connectivity index (χ1) is 12.2. The van der Waals surface area contributed by atoms with Crippen molar-refractivity contribution in [2.24, 2.45) is 0 Å². The van der Waals surface area contributed by atoms with Crippen molar-refractivity contribution in [2.45, 2.75) is 45.1 Å². The Labute approximate surface area is 148 Å². The molecule has 5 heteroatoms. The Kier molecular flexibility index (Phi) is 5.49. The number of rotatable bonds is 5. The minimum atomic E-state index is -0.0477. The van der Waals surface area contributed by atoms with E-state index in [1.54, 1.807) is 18.2 Å². The van der Waals surface area contributed by atoms with Crippen LogP contribution in [-0.2, 0) is 6.54 Å². The molecule has 0 spiro atoms. The average Bonchev–Trinajstić information content (AvgIpc) is 3.14. The molecule has 0 radical (unpaired) electrons. The summed E-state index contributed by atoms with van der Waals surface area (Å²) in [5, 5.41) is 9.25. The number of hydrogen-bond acceptors (Lipinski definition) is 3. The van der Waals surface area contributed by atoms with E-state index < -0.39 is 0 Å². The van der Waals surface area contributed by atoms with Crippen LogP contribution in [0.15, 0.2) is 36.7 Å². The molecule has 1 amide bonds. The zero-order valence-electron chi connectivity index (χ0n) is 14.7. The van der Waals surface area contributed by atoms with Crippen LogP contribution < -0.4 is 0 Å². The van der Waals surface area contributed by atoms with Gasteiger partial charge in [-0.25, -0.2) is 4.98 Å². The summed E-state index contributed by atoms with van der Waals surface area (Å²) in [6.07, 6.45) is 8.19. The first-order valence-electron chi connectivity index (χ1n) is 9.04. The van der Waals surface area contributed by atoms with E-state index in [2.05, 4.69) is 22.5 Å². The lowest BCUT2D eigenvalue weighted by atomic mass is 9.96. The van der Waals surface area contributed by atoms with Crippen molar-refractivity contribution in [1.82, 2.24) is 14.5 Å². The maximum absolute atomic E-state index is 12.9. The summed E-state index contributed by atoms with van der Waals surface area (Å²) in [5.74, 6) is 1.30. The lowest BCUT2D eigenvalue weighted by Gasteiger charge is -2.33. The second kappa shape index (κ2) is 7.98. The molecule has 0 aliphatic carbocycles. The van der Waals surface area contributed by atoms with Gasteiger partial charge in [0.1, 0.15) is 5.82 Å². The van der Waals surface area contributed by atoms with Gasteiger partial charge in [-0.15, -0.1) is 0 Å². The summed E-state index contributed by atoms with van der Waals surface area (Å²) in [5.41, 5.74) is 0.944. The van der Waals surface area contributed by atoms with E-state index in [9.17, 15) is 10.1 Å². The molecule has 3 rings (SSSR count). The number of carbonyl (C=O) groups excluding carboxylic acids is 1. The fourth-order valence-electron chi connectivity index (χ4n) is 3.51. The molecule has 130 valence electrons. The standard InChI is InChI=1S/C20H24N4O/c1-2-3-11-23-13-10-22-19(23)17-8-6-12-24(15-17)20(25)18-9-5-4-7-16(18)14-21/h4-5,7,9-10,13,17H,2-3,6,8,11-12,15H2,1H3/t17-/m1/s1. The molecule has 1 aliphatic rings. The van der Waals surface area contributed by atoms with E-state index in [0.29, 0.717) is 17.7 Å². The van der Waals surface area contributed by atoms with E-state index >= 15 is 0 Å². The Morgan fingerprint density at radius 3 is 3.04 bits per heavy atom. The SMILES string of the molecule is CCCCn1ccnc1[C@@H]1CCCN(C(=O)c2ccccc2C#N)C1. The topological polar surface area (TPSA) is 61.9 Å². The van der Waals surface area contributed by atoms with Crippen LogP contribution in [0.1, 0.15) is 60.3 Å². The van der Waals surface area contributed by atoms with Crippen LogP contribution in [-0.4, -0.2) is 33.4 Å². The van der Waals surface area contributed by atoms with Crippen LogP contribution in [0.3, 0.4) is 0 Å². The summed E-state index contributed by atoms with van der Waals surface area (Å²) in [6.45, 7) is 4.57. The van der Waals surface area contributed by atoms with Gasteiger partial charge in [-0.1, -0.05) is 25.5 Å². The number of amides is 1. The first-order valence-corrected chi connectivity index (χ1v) is 9.04. The minimum Gasteiger partial charge on any atom is -0.338 e. The van der Waals surface area contributed by atoms with Gasteiger partial charge in [-0.2, -0.15) is 5.26 Å². The van der Waals surface area contributed by atoms with Crippen molar-refractivity contribution in [1.29, 1.82) is 5.26 Å². The van der Waals surface area contributed by atoms with Gasteiger partial charge in [-0.3, -0.25) is 4.79 Å². The van der Waals surface area contributed by atoms with Crippen LogP contribution in [0, 0.1) is 11.3 Å². The molecule has 0 saturated carbocycles. The number of carbonyl (C=O) groups is 1. The van der Waals surface area contributed by atoms with Gasteiger partial charge in [-0.05, 0) is 31.4 Å². The maximum Gasteiger partial charge on any atom is 0.255 e. The number of benzene rings is 1. The van der Waals surface area contributed by atoms with E-state index in [1.807, 2.05) is 23.4 Å². The summed E-state index contributed by atoms with van der Waals surface area (Å²) < 4.78 is 2.23. The summed E-state index contributed by atoms with van der Waals surface area (Å²) in [4.78, 5) is 19.3. The van der Waals surface area contributed by atoms with Crippen molar-refractivity contribution >= 4 is 5.91 Å². The van der Waals surface area contributed by atoms with Gasteiger partial charge >= 0.3 is 0 Å². The molecule has 1 fully saturated rings. The number of nitriles is 1. The fraction of sp³-hybridized carbons (Fsp3) is 0.450. The second-order valence-electron chi connectivity index (χ2n) is 6.58. The number of likely N-dealkylation sites (tertiary alicyclic amines) is 1. The molecular formula is C20H24N4O. The highest BCUT2D eigenvalue weighted by atomic mass is 16.2. The largest absolute Gasteiger partial charge is 0.338 e. The zero-order valence-corrected chi connectivity index (χ0v) is 14.7. The van der Waals surface area contributed by atoms with E-state index in [-0.39, 0.29) is 11.8 Å². The van der Waals surface area contributed by atoms with Crippen LogP contribution in [0.25, 0.3) is 0 Å². The Bertz CT molecular complexity index is 774. The number of nitrogens with zero attached hydrogens (tertiary/aromatic N) is 4. The lowest BCUT2D eigenvalue weighted by molar-refractivity contribution is 0.0703. The number of imidazole rings is 1. The Hall–Kier alpha value is -2.61. The predicted octanol–water partition coefficient (Wildman–Crippen LogP) is 3.57. The predicted molar refractivity (Wildman–Crippen MR) is 96.2 cm³/mol. The number of hydrogen-bond donors (Lipinski definition) is 0. The van der Waals surface area contributed by atoms with Crippen molar-refractivity contribution in [2.75, 3.05) is 13.1 Å². The van der Waals surface area contributed by atoms with Gasteiger partial charge < -0.3 is 9.47 Å². The normalized spacial score (nSPS) is 17.3. The molecule has 1 aromatic carbocycles. The van der Waals surface area contributed by atoms with Gasteiger partial charge in [0.05, 0.1) is 17.2 Å². The quantitative estimate of drug-likeness (QED) is 0.838. The van der Waals surface area contributed by atoms with Gasteiger partial charge in [0.15, 0.2) is 0 Å². The van der Waals surface area contributed by atoms with E-state index in [4.69, 9.17) is 0 Å². The van der Waals surface area contributed by atoms with Crippen LogP contribution >= 0.6 is 0 Å². The van der Waals surface area contributed by atoms with Gasteiger partial charge in [0, 0.05) is 37.9 Å². The molecule has 1 aliphatic heterocycles. The molecule has 25 heavy (non-hydrogen) atoms. The number of aryl methyl sites for hydroxylation is 1. The maximum atomic E-state index is 12.9. The molecule has 2 aromatic rings. The van der Waals surface area contributed by atoms with Gasteiger partial charge in [0.2, 0.25) is 0 Å². The molecule has 2 heterocycles. The highest BCUT2D eigenvalue weighted by molar-refractivity contribution is 5.96. The van der Waals surface area contributed by atoms with Crippen LogP contribution in [0.2, 0.25) is 0 Å². The fourth-order valence-corrected chi connectivity index (χ4v) is 3.51. The Morgan fingerprint density at radius 1 is 1.40 bits per heavy atom.